The zero-order valence-corrected chi connectivity index (χ0v) is 11.9. The molecule has 2 aromatic carbocycles. The third-order valence-corrected chi connectivity index (χ3v) is 3.43. The molecular weight excluding hydrogens is 325 g/mol. The maximum atomic E-state index is 12.8. The van der Waals surface area contributed by atoms with E-state index in [1.807, 2.05) is 0 Å². The molecule has 0 saturated heterocycles. The summed E-state index contributed by atoms with van der Waals surface area (Å²) in [4.78, 5) is 23.9. The number of benzene rings is 2. The third-order valence-electron chi connectivity index (χ3n) is 3.43. The van der Waals surface area contributed by atoms with Crippen LogP contribution < -0.4 is 5.56 Å². The summed E-state index contributed by atoms with van der Waals surface area (Å²) in [5.74, 6) is -1.38. The molecule has 0 atom stereocenters. The first-order chi connectivity index (χ1) is 11.3. The second-order valence-electron chi connectivity index (χ2n) is 4.96. The molecule has 1 heterocycles. The van der Waals surface area contributed by atoms with E-state index >= 15 is 0 Å². The maximum Gasteiger partial charge on any atom is 0.416 e. The minimum atomic E-state index is -4.59. The van der Waals surface area contributed by atoms with Crippen molar-refractivity contribution >= 4 is 16.7 Å². The summed E-state index contributed by atoms with van der Waals surface area (Å²) in [5.41, 5.74) is -2.24. The van der Waals surface area contributed by atoms with E-state index in [-0.39, 0.29) is 16.5 Å². The van der Waals surface area contributed by atoms with Gasteiger partial charge < -0.3 is 5.11 Å². The molecule has 1 N–H and O–H groups in total. The van der Waals surface area contributed by atoms with Crippen LogP contribution in [0.1, 0.15) is 16.1 Å². The number of carboxylic acids is 1. The predicted octanol–water partition coefficient (Wildman–Crippen LogP) is 3.10. The number of alkyl halides is 3. The van der Waals surface area contributed by atoms with E-state index in [9.17, 15) is 27.9 Å². The van der Waals surface area contributed by atoms with Crippen LogP contribution in [0.25, 0.3) is 16.5 Å². The van der Waals surface area contributed by atoms with Gasteiger partial charge in [0.2, 0.25) is 0 Å². The third kappa shape index (κ3) is 2.62. The van der Waals surface area contributed by atoms with E-state index in [0.29, 0.717) is 4.68 Å². The SMILES string of the molecule is O=C(O)c1nn(-c2cccc(C(F)(F)F)c2)c(=O)c2ccccc12. The highest BCUT2D eigenvalue weighted by molar-refractivity contribution is 6.01. The van der Waals surface area contributed by atoms with E-state index in [1.165, 1.54) is 24.3 Å². The van der Waals surface area contributed by atoms with Crippen LogP contribution >= 0.6 is 0 Å². The smallest absolute Gasteiger partial charge is 0.416 e. The van der Waals surface area contributed by atoms with Crippen molar-refractivity contribution in [3.8, 4) is 5.69 Å². The highest BCUT2D eigenvalue weighted by atomic mass is 19.4. The van der Waals surface area contributed by atoms with Crippen LogP contribution in [0, 0.1) is 0 Å². The lowest BCUT2D eigenvalue weighted by molar-refractivity contribution is -0.137. The van der Waals surface area contributed by atoms with Crippen molar-refractivity contribution in [2.45, 2.75) is 6.18 Å². The fraction of sp³-hybridized carbons (Fsp3) is 0.0625. The fourth-order valence-electron chi connectivity index (χ4n) is 2.34. The van der Waals surface area contributed by atoms with Gasteiger partial charge in [0.05, 0.1) is 16.6 Å². The molecule has 0 radical (unpaired) electrons. The number of aromatic nitrogens is 2. The van der Waals surface area contributed by atoms with Crippen molar-refractivity contribution in [3.05, 3.63) is 70.1 Å². The molecule has 3 rings (SSSR count). The quantitative estimate of drug-likeness (QED) is 0.782. The van der Waals surface area contributed by atoms with Crippen LogP contribution in [-0.4, -0.2) is 20.9 Å². The van der Waals surface area contributed by atoms with Gasteiger partial charge in [0.15, 0.2) is 5.69 Å². The van der Waals surface area contributed by atoms with Gasteiger partial charge in [-0.25, -0.2) is 4.79 Å². The Morgan fingerprint density at radius 3 is 2.33 bits per heavy atom. The molecule has 0 bridgehead atoms. The largest absolute Gasteiger partial charge is 0.476 e. The Morgan fingerprint density at radius 2 is 1.71 bits per heavy atom. The molecule has 24 heavy (non-hydrogen) atoms. The van der Waals surface area contributed by atoms with Crippen molar-refractivity contribution in [2.75, 3.05) is 0 Å². The molecule has 0 aliphatic carbocycles. The van der Waals surface area contributed by atoms with Gasteiger partial charge in [-0.1, -0.05) is 24.3 Å². The second kappa shape index (κ2) is 5.48. The number of rotatable bonds is 2. The first kappa shape index (κ1) is 15.7. The number of halogens is 3. The molecule has 122 valence electrons. The number of carbonyl (C=O) groups is 1. The lowest BCUT2D eigenvalue weighted by Gasteiger charge is -2.11. The van der Waals surface area contributed by atoms with Crippen LogP contribution in [0.5, 0.6) is 0 Å². The number of aromatic carboxylic acids is 1. The van der Waals surface area contributed by atoms with E-state index < -0.39 is 29.0 Å². The standard InChI is InChI=1S/C16H9F3N2O3/c17-16(18,19)9-4-3-5-10(8-9)21-14(22)12-7-2-1-6-11(12)13(20-21)15(23)24/h1-8H,(H,23,24). The molecule has 5 nitrogen and oxygen atoms in total. The van der Waals surface area contributed by atoms with Crippen molar-refractivity contribution in [2.24, 2.45) is 0 Å². The second-order valence-corrected chi connectivity index (χ2v) is 4.96. The Morgan fingerprint density at radius 1 is 1.04 bits per heavy atom. The van der Waals surface area contributed by atoms with Gasteiger partial charge >= 0.3 is 12.1 Å². The van der Waals surface area contributed by atoms with Gasteiger partial charge in [-0.2, -0.15) is 23.0 Å². The molecular formula is C16H9F3N2O3. The normalized spacial score (nSPS) is 11.6. The number of nitrogens with zero attached hydrogens (tertiary/aromatic N) is 2. The molecule has 0 spiro atoms. The van der Waals surface area contributed by atoms with Gasteiger partial charge in [-0.3, -0.25) is 4.79 Å². The lowest BCUT2D eigenvalue weighted by Crippen LogP contribution is -2.24. The summed E-state index contributed by atoms with van der Waals surface area (Å²) in [5, 5.41) is 13.2. The van der Waals surface area contributed by atoms with Crippen LogP contribution in [0.4, 0.5) is 13.2 Å². The highest BCUT2D eigenvalue weighted by Gasteiger charge is 2.30. The Balaban J connectivity index is 2.34. The minimum Gasteiger partial charge on any atom is -0.476 e. The van der Waals surface area contributed by atoms with Crippen molar-refractivity contribution in [3.63, 3.8) is 0 Å². The van der Waals surface area contributed by atoms with Crippen LogP contribution in [-0.2, 0) is 6.18 Å². The average molecular weight is 334 g/mol. The lowest BCUT2D eigenvalue weighted by atomic mass is 10.1. The van der Waals surface area contributed by atoms with E-state index in [1.54, 1.807) is 6.07 Å². The summed E-state index contributed by atoms with van der Waals surface area (Å²) in [6, 6.07) is 9.88. The average Bonchev–Trinajstić information content (AvgIpc) is 2.54. The first-order valence-electron chi connectivity index (χ1n) is 6.72. The monoisotopic (exact) mass is 334 g/mol. The Hall–Kier alpha value is -3.16. The molecule has 0 aliphatic heterocycles. The Kier molecular flexibility index (Phi) is 3.59. The van der Waals surface area contributed by atoms with Crippen molar-refractivity contribution in [1.82, 2.24) is 9.78 Å². The summed E-state index contributed by atoms with van der Waals surface area (Å²) in [6.45, 7) is 0. The summed E-state index contributed by atoms with van der Waals surface area (Å²) in [7, 11) is 0. The van der Waals surface area contributed by atoms with Gasteiger partial charge in [0.1, 0.15) is 0 Å². The zero-order valence-electron chi connectivity index (χ0n) is 11.9. The minimum absolute atomic E-state index is 0.0577. The number of hydrogen-bond donors (Lipinski definition) is 1. The van der Waals surface area contributed by atoms with Gasteiger partial charge in [0.25, 0.3) is 5.56 Å². The molecule has 3 aromatic rings. The Bertz CT molecular complexity index is 1010. The van der Waals surface area contributed by atoms with E-state index in [4.69, 9.17) is 0 Å². The van der Waals surface area contributed by atoms with E-state index in [0.717, 1.165) is 18.2 Å². The molecule has 0 fully saturated rings. The molecule has 0 amide bonds. The van der Waals surface area contributed by atoms with Crippen LogP contribution in [0.3, 0.4) is 0 Å². The molecule has 0 aliphatic rings. The van der Waals surface area contributed by atoms with Gasteiger partial charge in [-0.15, -0.1) is 0 Å². The van der Waals surface area contributed by atoms with Gasteiger partial charge in [-0.05, 0) is 24.3 Å². The van der Waals surface area contributed by atoms with Crippen LogP contribution in [0.15, 0.2) is 53.3 Å². The van der Waals surface area contributed by atoms with E-state index in [2.05, 4.69) is 5.10 Å². The summed E-state index contributed by atoms with van der Waals surface area (Å²) >= 11 is 0. The molecule has 0 unspecified atom stereocenters. The zero-order chi connectivity index (χ0) is 17.5. The van der Waals surface area contributed by atoms with Crippen molar-refractivity contribution in [1.29, 1.82) is 0 Å². The first-order valence-corrected chi connectivity index (χ1v) is 6.72. The Labute approximate surface area is 132 Å². The highest BCUT2D eigenvalue weighted by Crippen LogP contribution is 2.30. The van der Waals surface area contributed by atoms with Gasteiger partial charge in [0, 0.05) is 5.39 Å². The molecule has 0 saturated carbocycles. The predicted molar refractivity (Wildman–Crippen MR) is 79.3 cm³/mol. The maximum absolute atomic E-state index is 12.8. The molecule has 1 aromatic heterocycles. The molecule has 8 heteroatoms. The van der Waals surface area contributed by atoms with Crippen LogP contribution in [0.2, 0.25) is 0 Å². The summed E-state index contributed by atoms with van der Waals surface area (Å²) in [6.07, 6.45) is -4.59. The number of fused-ring (bicyclic) bond motifs is 1. The summed E-state index contributed by atoms with van der Waals surface area (Å²) < 4.78 is 39.2. The number of carboxylic acid groups (broad SMARTS) is 1. The number of hydrogen-bond acceptors (Lipinski definition) is 3. The van der Waals surface area contributed by atoms with Crippen molar-refractivity contribution < 1.29 is 23.1 Å². The fourth-order valence-corrected chi connectivity index (χ4v) is 2.34. The topological polar surface area (TPSA) is 72.2 Å².